The maximum absolute atomic E-state index is 12.7. The van der Waals surface area contributed by atoms with Crippen LogP contribution in [0.2, 0.25) is 5.02 Å². The normalized spacial score (nSPS) is 10.6. The van der Waals surface area contributed by atoms with Gasteiger partial charge in [-0.1, -0.05) is 31.4 Å². The van der Waals surface area contributed by atoms with Crippen LogP contribution in [0.25, 0.3) is 0 Å². The van der Waals surface area contributed by atoms with Gasteiger partial charge in [0.05, 0.1) is 13.2 Å². The first-order valence-electron chi connectivity index (χ1n) is 9.56. The summed E-state index contributed by atoms with van der Waals surface area (Å²) in [6.07, 6.45) is 3.14. The minimum atomic E-state index is -0.273. The molecule has 0 saturated carbocycles. The molecule has 0 bridgehead atoms. The summed E-state index contributed by atoms with van der Waals surface area (Å²) in [6.45, 7) is 3.84. The van der Waals surface area contributed by atoms with E-state index in [0.29, 0.717) is 41.1 Å². The van der Waals surface area contributed by atoms with Gasteiger partial charge in [0.15, 0.2) is 0 Å². The van der Waals surface area contributed by atoms with Gasteiger partial charge in [0.1, 0.15) is 10.7 Å². The Morgan fingerprint density at radius 2 is 2.00 bits per heavy atom. The third-order valence-corrected chi connectivity index (χ3v) is 5.21. The summed E-state index contributed by atoms with van der Waals surface area (Å²) in [4.78, 5) is 30.8. The number of ether oxygens (including phenoxy) is 1. The van der Waals surface area contributed by atoms with Gasteiger partial charge in [-0.15, -0.1) is 11.3 Å². The monoisotopic (exact) mass is 438 g/mol. The fourth-order valence-corrected chi connectivity index (χ4v) is 3.42. The molecule has 2 N–H and O–H groups in total. The van der Waals surface area contributed by atoms with Crippen LogP contribution in [0.5, 0.6) is 0 Å². The molecule has 0 unspecified atom stereocenters. The second kappa shape index (κ2) is 12.4. The maximum Gasteiger partial charge on any atom is 0.322 e. The molecule has 1 heterocycles. The molecule has 0 aliphatic heterocycles. The number of benzene rings is 1. The van der Waals surface area contributed by atoms with Crippen molar-refractivity contribution >= 4 is 40.6 Å². The van der Waals surface area contributed by atoms with Gasteiger partial charge in [-0.3, -0.25) is 4.79 Å². The van der Waals surface area contributed by atoms with Crippen LogP contribution in [-0.2, 0) is 11.3 Å². The highest BCUT2D eigenvalue weighted by Crippen LogP contribution is 2.16. The highest BCUT2D eigenvalue weighted by Gasteiger charge is 2.17. The number of nitrogens with one attached hydrogen (secondary N) is 2. The predicted octanol–water partition coefficient (Wildman–Crippen LogP) is 4.40. The maximum atomic E-state index is 12.7. The first kappa shape index (κ1) is 23.1. The third-order valence-electron chi connectivity index (χ3n) is 4.12. The number of methoxy groups -OCH3 is 1. The van der Waals surface area contributed by atoms with E-state index in [1.54, 1.807) is 41.7 Å². The van der Waals surface area contributed by atoms with E-state index in [4.69, 9.17) is 16.3 Å². The van der Waals surface area contributed by atoms with E-state index in [1.165, 1.54) is 11.3 Å². The largest absolute Gasteiger partial charge is 0.383 e. The van der Waals surface area contributed by atoms with E-state index in [1.807, 2.05) is 0 Å². The Morgan fingerprint density at radius 3 is 2.69 bits per heavy atom. The molecule has 7 nitrogen and oxygen atoms in total. The average molecular weight is 439 g/mol. The van der Waals surface area contributed by atoms with Crippen molar-refractivity contribution in [1.82, 2.24) is 15.2 Å². The second-order valence-electron chi connectivity index (χ2n) is 6.44. The van der Waals surface area contributed by atoms with Crippen LogP contribution in [0.15, 0.2) is 29.6 Å². The summed E-state index contributed by atoms with van der Waals surface area (Å²) >= 11 is 7.24. The summed E-state index contributed by atoms with van der Waals surface area (Å²) in [5.74, 6) is -0.183. The molecule has 1 aromatic carbocycles. The Morgan fingerprint density at radius 1 is 1.24 bits per heavy atom. The van der Waals surface area contributed by atoms with E-state index >= 15 is 0 Å². The first-order chi connectivity index (χ1) is 14.0. The molecule has 0 aliphatic rings. The molecule has 29 heavy (non-hydrogen) atoms. The van der Waals surface area contributed by atoms with Crippen LogP contribution >= 0.6 is 22.9 Å². The molecule has 3 amide bonds. The lowest BCUT2D eigenvalue weighted by Crippen LogP contribution is -2.36. The minimum absolute atomic E-state index is 0.183. The van der Waals surface area contributed by atoms with Crippen molar-refractivity contribution < 1.29 is 14.3 Å². The van der Waals surface area contributed by atoms with Crippen molar-refractivity contribution in [2.45, 2.75) is 32.7 Å². The number of anilines is 1. The summed E-state index contributed by atoms with van der Waals surface area (Å²) in [7, 11) is 1.58. The van der Waals surface area contributed by atoms with E-state index in [2.05, 4.69) is 22.5 Å². The topological polar surface area (TPSA) is 83.6 Å². The van der Waals surface area contributed by atoms with Crippen LogP contribution in [0.1, 0.15) is 41.7 Å². The molecule has 0 radical (unpaired) electrons. The Bertz CT molecular complexity index is 782. The standard InChI is InChI=1S/C20H27ClN4O3S/c1-3-4-5-10-22-19(26)17-14-29-18(24-17)13-25(11-12-28-2)20(27)23-16-8-6-15(21)7-9-16/h6-9,14H,3-5,10-13H2,1-2H3,(H,22,26)(H,23,27). The molecule has 158 valence electrons. The van der Waals surface area contributed by atoms with E-state index in [9.17, 15) is 9.59 Å². The fourth-order valence-electron chi connectivity index (χ4n) is 2.51. The van der Waals surface area contributed by atoms with E-state index < -0.39 is 0 Å². The number of unbranched alkanes of at least 4 members (excludes halogenated alkanes) is 2. The minimum Gasteiger partial charge on any atom is -0.383 e. The van der Waals surface area contributed by atoms with E-state index in [-0.39, 0.29) is 18.5 Å². The number of thiazole rings is 1. The Balaban J connectivity index is 1.96. The number of hydrogen-bond donors (Lipinski definition) is 2. The fraction of sp³-hybridized carbons (Fsp3) is 0.450. The Kier molecular flexibility index (Phi) is 9.90. The zero-order valence-corrected chi connectivity index (χ0v) is 18.3. The molecular weight excluding hydrogens is 412 g/mol. The number of nitrogens with zero attached hydrogens (tertiary/aromatic N) is 2. The summed E-state index contributed by atoms with van der Waals surface area (Å²) in [6, 6.07) is 6.62. The van der Waals surface area contributed by atoms with Gasteiger partial charge < -0.3 is 20.3 Å². The van der Waals surface area contributed by atoms with Gasteiger partial charge in [0, 0.05) is 36.3 Å². The van der Waals surface area contributed by atoms with Crippen molar-refractivity contribution in [2.75, 3.05) is 32.1 Å². The van der Waals surface area contributed by atoms with Gasteiger partial charge in [-0.25, -0.2) is 9.78 Å². The number of hydrogen-bond acceptors (Lipinski definition) is 5. The first-order valence-corrected chi connectivity index (χ1v) is 10.8. The summed E-state index contributed by atoms with van der Waals surface area (Å²) < 4.78 is 5.11. The van der Waals surface area contributed by atoms with Gasteiger partial charge in [-0.05, 0) is 30.7 Å². The molecule has 2 aromatic rings. The molecule has 0 aliphatic carbocycles. The van der Waals surface area contributed by atoms with E-state index in [0.717, 1.165) is 19.3 Å². The smallest absolute Gasteiger partial charge is 0.322 e. The lowest BCUT2D eigenvalue weighted by molar-refractivity contribution is 0.0948. The lowest BCUT2D eigenvalue weighted by Gasteiger charge is -2.21. The highest BCUT2D eigenvalue weighted by atomic mass is 35.5. The van der Waals surface area contributed by atoms with Crippen molar-refractivity contribution in [3.63, 3.8) is 0 Å². The Labute approximate surface area is 180 Å². The third kappa shape index (κ3) is 8.00. The average Bonchev–Trinajstić information content (AvgIpc) is 3.18. The lowest BCUT2D eigenvalue weighted by atomic mass is 10.2. The summed E-state index contributed by atoms with van der Waals surface area (Å²) in [5, 5.41) is 8.72. The van der Waals surface area contributed by atoms with Crippen molar-refractivity contribution in [2.24, 2.45) is 0 Å². The summed E-state index contributed by atoms with van der Waals surface area (Å²) in [5.41, 5.74) is 1.03. The predicted molar refractivity (Wildman–Crippen MR) is 117 cm³/mol. The van der Waals surface area contributed by atoms with Crippen LogP contribution < -0.4 is 10.6 Å². The number of aromatic nitrogens is 1. The molecular formula is C20H27ClN4O3S. The quantitative estimate of drug-likeness (QED) is 0.509. The molecule has 1 aromatic heterocycles. The van der Waals surface area contributed by atoms with Crippen LogP contribution in [0.4, 0.5) is 10.5 Å². The Hall–Kier alpha value is -2.16. The van der Waals surface area contributed by atoms with Gasteiger partial charge in [-0.2, -0.15) is 0 Å². The number of carbonyl (C=O) groups is 2. The van der Waals surface area contributed by atoms with Crippen molar-refractivity contribution in [1.29, 1.82) is 0 Å². The number of rotatable bonds is 11. The molecule has 2 rings (SSSR count). The number of amides is 3. The zero-order chi connectivity index (χ0) is 21.1. The van der Waals surface area contributed by atoms with Gasteiger partial charge >= 0.3 is 6.03 Å². The van der Waals surface area contributed by atoms with Gasteiger partial charge in [0.2, 0.25) is 0 Å². The molecule has 9 heteroatoms. The number of carbonyl (C=O) groups excluding carboxylic acids is 2. The van der Waals surface area contributed by atoms with Crippen molar-refractivity contribution in [3.8, 4) is 0 Å². The van der Waals surface area contributed by atoms with Crippen LogP contribution in [0, 0.1) is 0 Å². The molecule has 0 saturated heterocycles. The second-order valence-corrected chi connectivity index (χ2v) is 7.82. The zero-order valence-electron chi connectivity index (χ0n) is 16.7. The SMILES string of the molecule is CCCCCNC(=O)c1csc(CN(CCOC)C(=O)Nc2ccc(Cl)cc2)n1. The molecule has 0 atom stereocenters. The van der Waals surface area contributed by atoms with Gasteiger partial charge in [0.25, 0.3) is 5.91 Å². The highest BCUT2D eigenvalue weighted by molar-refractivity contribution is 7.09. The molecule has 0 spiro atoms. The van der Waals surface area contributed by atoms with Crippen molar-refractivity contribution in [3.05, 3.63) is 45.4 Å². The van der Waals surface area contributed by atoms with Crippen LogP contribution in [0.3, 0.4) is 0 Å². The molecule has 0 fully saturated rings. The van der Waals surface area contributed by atoms with Crippen LogP contribution in [-0.4, -0.2) is 48.6 Å². The number of urea groups is 1. The number of halogens is 1.